The molecule has 128 valence electrons. The fourth-order valence-corrected chi connectivity index (χ4v) is 2.75. The van der Waals surface area contributed by atoms with Crippen molar-refractivity contribution in [3.63, 3.8) is 0 Å². The fraction of sp³-hybridized carbons (Fsp3) is 0.238. The predicted octanol–water partition coefficient (Wildman–Crippen LogP) is 4.31. The Morgan fingerprint density at radius 2 is 1.88 bits per heavy atom. The molecule has 0 aliphatic rings. The first-order chi connectivity index (χ1) is 12.2. The molecule has 2 aromatic carbocycles. The summed E-state index contributed by atoms with van der Waals surface area (Å²) in [7, 11) is 1.67. The van der Waals surface area contributed by atoms with E-state index in [0.29, 0.717) is 0 Å². The summed E-state index contributed by atoms with van der Waals surface area (Å²) in [4.78, 5) is 8.54. The van der Waals surface area contributed by atoms with Gasteiger partial charge in [-0.15, -0.1) is 0 Å². The molecule has 0 aliphatic heterocycles. The van der Waals surface area contributed by atoms with E-state index in [1.807, 2.05) is 6.07 Å². The standard InChI is InChI=1S/C21H23N3O/c1-15-4-7-18(8-5-15)16(2)24-13-17-6-9-21(25-3)19(12-17)20-14-22-10-11-23-20/h4-12,14,16,24H,13H2,1-3H3. The second-order valence-electron chi connectivity index (χ2n) is 6.14. The van der Waals surface area contributed by atoms with Gasteiger partial charge in [0.05, 0.1) is 19.0 Å². The molecule has 0 radical (unpaired) electrons. The minimum atomic E-state index is 0.280. The van der Waals surface area contributed by atoms with E-state index >= 15 is 0 Å². The molecule has 0 spiro atoms. The van der Waals surface area contributed by atoms with Crippen molar-refractivity contribution in [2.45, 2.75) is 26.4 Å². The van der Waals surface area contributed by atoms with Gasteiger partial charge in [-0.2, -0.15) is 0 Å². The van der Waals surface area contributed by atoms with Gasteiger partial charge in [-0.1, -0.05) is 35.9 Å². The molecule has 25 heavy (non-hydrogen) atoms. The van der Waals surface area contributed by atoms with Crippen LogP contribution in [-0.2, 0) is 6.54 Å². The summed E-state index contributed by atoms with van der Waals surface area (Å²) in [5.74, 6) is 0.802. The van der Waals surface area contributed by atoms with Crippen LogP contribution in [0.25, 0.3) is 11.3 Å². The molecule has 4 nitrogen and oxygen atoms in total. The van der Waals surface area contributed by atoms with Gasteiger partial charge in [0, 0.05) is 30.5 Å². The number of nitrogens with zero attached hydrogens (tertiary/aromatic N) is 2. The number of nitrogens with one attached hydrogen (secondary N) is 1. The number of aryl methyl sites for hydroxylation is 1. The van der Waals surface area contributed by atoms with Crippen molar-refractivity contribution in [3.05, 3.63) is 77.7 Å². The van der Waals surface area contributed by atoms with Crippen molar-refractivity contribution in [2.75, 3.05) is 7.11 Å². The van der Waals surface area contributed by atoms with Gasteiger partial charge in [0.2, 0.25) is 0 Å². The van der Waals surface area contributed by atoms with E-state index < -0.39 is 0 Å². The zero-order chi connectivity index (χ0) is 17.6. The van der Waals surface area contributed by atoms with Crippen LogP contribution in [0.3, 0.4) is 0 Å². The van der Waals surface area contributed by atoms with Crippen LogP contribution in [0, 0.1) is 6.92 Å². The van der Waals surface area contributed by atoms with Crippen LogP contribution < -0.4 is 10.1 Å². The molecule has 1 heterocycles. The molecular weight excluding hydrogens is 310 g/mol. The Bertz CT molecular complexity index is 816. The highest BCUT2D eigenvalue weighted by atomic mass is 16.5. The average molecular weight is 333 g/mol. The Labute approximate surface area is 148 Å². The van der Waals surface area contributed by atoms with E-state index in [-0.39, 0.29) is 6.04 Å². The molecule has 0 fully saturated rings. The van der Waals surface area contributed by atoms with Crippen LogP contribution in [0.5, 0.6) is 5.75 Å². The summed E-state index contributed by atoms with van der Waals surface area (Å²) in [5, 5.41) is 3.57. The van der Waals surface area contributed by atoms with E-state index in [1.54, 1.807) is 25.7 Å². The number of hydrogen-bond acceptors (Lipinski definition) is 4. The molecule has 3 aromatic rings. The van der Waals surface area contributed by atoms with Gasteiger partial charge < -0.3 is 10.1 Å². The molecule has 3 rings (SSSR count). The first kappa shape index (κ1) is 17.1. The van der Waals surface area contributed by atoms with Crippen LogP contribution in [0.4, 0.5) is 0 Å². The summed E-state index contributed by atoms with van der Waals surface area (Å²) in [6.07, 6.45) is 5.12. The number of aromatic nitrogens is 2. The number of hydrogen-bond donors (Lipinski definition) is 1. The van der Waals surface area contributed by atoms with Gasteiger partial charge in [0.15, 0.2) is 0 Å². The molecule has 0 aliphatic carbocycles. The molecule has 1 unspecified atom stereocenters. The SMILES string of the molecule is COc1ccc(CNC(C)c2ccc(C)cc2)cc1-c1cnccn1. The van der Waals surface area contributed by atoms with Crippen LogP contribution in [-0.4, -0.2) is 17.1 Å². The normalized spacial score (nSPS) is 12.0. The lowest BCUT2D eigenvalue weighted by Crippen LogP contribution is -2.18. The summed E-state index contributed by atoms with van der Waals surface area (Å²) < 4.78 is 5.47. The predicted molar refractivity (Wildman–Crippen MR) is 100 cm³/mol. The van der Waals surface area contributed by atoms with Crippen LogP contribution in [0.2, 0.25) is 0 Å². The highest BCUT2D eigenvalue weighted by molar-refractivity contribution is 5.67. The molecule has 1 atom stereocenters. The van der Waals surface area contributed by atoms with Crippen LogP contribution in [0.1, 0.15) is 29.7 Å². The molecule has 0 saturated carbocycles. The van der Waals surface area contributed by atoms with Gasteiger partial charge in [-0.25, -0.2) is 0 Å². The first-order valence-electron chi connectivity index (χ1n) is 8.40. The van der Waals surface area contributed by atoms with E-state index in [9.17, 15) is 0 Å². The van der Waals surface area contributed by atoms with E-state index in [2.05, 4.69) is 65.5 Å². The number of benzene rings is 2. The smallest absolute Gasteiger partial charge is 0.128 e. The highest BCUT2D eigenvalue weighted by Gasteiger charge is 2.10. The van der Waals surface area contributed by atoms with Gasteiger partial charge in [0.25, 0.3) is 0 Å². The monoisotopic (exact) mass is 333 g/mol. The van der Waals surface area contributed by atoms with E-state index in [1.165, 1.54) is 16.7 Å². The molecule has 4 heteroatoms. The van der Waals surface area contributed by atoms with Crippen LogP contribution in [0.15, 0.2) is 61.1 Å². The lowest BCUT2D eigenvalue weighted by molar-refractivity contribution is 0.416. The van der Waals surface area contributed by atoms with Gasteiger partial charge in [0.1, 0.15) is 5.75 Å². The van der Waals surface area contributed by atoms with Crippen molar-refractivity contribution in [3.8, 4) is 17.0 Å². The zero-order valence-electron chi connectivity index (χ0n) is 14.9. The molecular formula is C21H23N3O. The molecule has 0 amide bonds. The third-order valence-electron chi connectivity index (χ3n) is 4.29. The lowest BCUT2D eigenvalue weighted by Gasteiger charge is -2.16. The summed E-state index contributed by atoms with van der Waals surface area (Å²) >= 11 is 0. The molecule has 1 N–H and O–H groups in total. The lowest BCUT2D eigenvalue weighted by atomic mass is 10.0. The van der Waals surface area contributed by atoms with Crippen molar-refractivity contribution in [1.82, 2.24) is 15.3 Å². The molecule has 0 saturated heterocycles. The topological polar surface area (TPSA) is 47.0 Å². The highest BCUT2D eigenvalue weighted by Crippen LogP contribution is 2.29. The number of ether oxygens (including phenoxy) is 1. The largest absolute Gasteiger partial charge is 0.496 e. The second-order valence-corrected chi connectivity index (χ2v) is 6.14. The fourth-order valence-electron chi connectivity index (χ4n) is 2.75. The minimum absolute atomic E-state index is 0.280. The van der Waals surface area contributed by atoms with Crippen molar-refractivity contribution < 1.29 is 4.74 Å². The Hall–Kier alpha value is -2.72. The Morgan fingerprint density at radius 3 is 2.56 bits per heavy atom. The summed E-state index contributed by atoms with van der Waals surface area (Å²) in [6.45, 7) is 5.05. The quantitative estimate of drug-likeness (QED) is 0.730. The van der Waals surface area contributed by atoms with Crippen LogP contribution >= 0.6 is 0 Å². The van der Waals surface area contributed by atoms with Crippen molar-refractivity contribution in [2.24, 2.45) is 0 Å². The molecule has 1 aromatic heterocycles. The second kappa shape index (κ2) is 7.90. The third kappa shape index (κ3) is 4.22. The van der Waals surface area contributed by atoms with Gasteiger partial charge in [-0.05, 0) is 37.1 Å². The average Bonchev–Trinajstić information content (AvgIpc) is 2.67. The summed E-state index contributed by atoms with van der Waals surface area (Å²) in [5.41, 5.74) is 5.51. The first-order valence-corrected chi connectivity index (χ1v) is 8.40. The van der Waals surface area contributed by atoms with Gasteiger partial charge >= 0.3 is 0 Å². The minimum Gasteiger partial charge on any atom is -0.496 e. The Balaban J connectivity index is 1.76. The Morgan fingerprint density at radius 1 is 1.08 bits per heavy atom. The number of methoxy groups -OCH3 is 1. The summed E-state index contributed by atoms with van der Waals surface area (Å²) in [6, 6.07) is 15.1. The Kier molecular flexibility index (Phi) is 5.41. The maximum absolute atomic E-state index is 5.47. The third-order valence-corrected chi connectivity index (χ3v) is 4.29. The van der Waals surface area contributed by atoms with Gasteiger partial charge in [-0.3, -0.25) is 9.97 Å². The van der Waals surface area contributed by atoms with E-state index in [4.69, 9.17) is 4.74 Å². The number of rotatable bonds is 6. The van der Waals surface area contributed by atoms with E-state index in [0.717, 1.165) is 23.6 Å². The maximum atomic E-state index is 5.47. The maximum Gasteiger partial charge on any atom is 0.128 e. The van der Waals surface area contributed by atoms with Crippen molar-refractivity contribution in [1.29, 1.82) is 0 Å². The molecule has 0 bridgehead atoms. The van der Waals surface area contributed by atoms with Crippen molar-refractivity contribution >= 4 is 0 Å². The zero-order valence-corrected chi connectivity index (χ0v) is 14.9.